The Morgan fingerprint density at radius 3 is 1.74 bits per heavy atom. The quantitative estimate of drug-likeness (QED) is 0.240. The fourth-order valence-electron chi connectivity index (χ4n) is 11.0. The SMILES string of the molecule is CC1(C)CCC(C)(C)c2cc(N(c3ccccc3)c3ccc4c(c3)-c3ccccc3C43C4CC5CC(C4)CC3C5)ccc21. The highest BCUT2D eigenvalue weighted by Gasteiger charge is 2.61. The molecular weight excluding hydrogens is 518 g/mol. The van der Waals surface area contributed by atoms with E-state index in [-0.39, 0.29) is 16.2 Å². The molecule has 218 valence electrons. The molecule has 0 radical (unpaired) electrons. The van der Waals surface area contributed by atoms with Crippen LogP contribution in [0.1, 0.15) is 94.9 Å². The average Bonchev–Trinajstić information content (AvgIpc) is 3.29. The van der Waals surface area contributed by atoms with E-state index < -0.39 is 0 Å². The van der Waals surface area contributed by atoms with Gasteiger partial charge >= 0.3 is 0 Å². The van der Waals surface area contributed by atoms with Crippen LogP contribution in [-0.4, -0.2) is 0 Å². The van der Waals surface area contributed by atoms with E-state index in [1.807, 2.05) is 0 Å². The second kappa shape index (κ2) is 8.87. The van der Waals surface area contributed by atoms with Crippen LogP contribution in [0.2, 0.25) is 0 Å². The maximum Gasteiger partial charge on any atom is 0.0468 e. The van der Waals surface area contributed by atoms with Crippen LogP contribution in [-0.2, 0) is 16.2 Å². The fourth-order valence-corrected chi connectivity index (χ4v) is 11.0. The molecule has 0 atom stereocenters. The van der Waals surface area contributed by atoms with Gasteiger partial charge in [-0.25, -0.2) is 0 Å². The zero-order chi connectivity index (χ0) is 29.1. The van der Waals surface area contributed by atoms with E-state index in [9.17, 15) is 0 Å². The Balaban J connectivity index is 1.23. The Labute approximate surface area is 258 Å². The second-order valence-corrected chi connectivity index (χ2v) is 16.1. The van der Waals surface area contributed by atoms with Crippen molar-refractivity contribution in [2.24, 2.45) is 23.7 Å². The normalized spacial score (nSPS) is 30.1. The molecule has 0 heterocycles. The Morgan fingerprint density at radius 1 is 0.488 bits per heavy atom. The number of nitrogens with zero attached hydrogens (tertiary/aromatic N) is 1. The lowest BCUT2D eigenvalue weighted by atomic mass is 9.43. The van der Waals surface area contributed by atoms with Gasteiger partial charge in [-0.2, -0.15) is 0 Å². The zero-order valence-electron chi connectivity index (χ0n) is 26.4. The lowest BCUT2D eigenvalue weighted by Crippen LogP contribution is -2.55. The second-order valence-electron chi connectivity index (χ2n) is 16.1. The van der Waals surface area contributed by atoms with Gasteiger partial charge < -0.3 is 4.90 Å². The number of rotatable bonds is 3. The van der Waals surface area contributed by atoms with E-state index in [0.29, 0.717) is 0 Å². The molecule has 4 aromatic carbocycles. The van der Waals surface area contributed by atoms with Gasteiger partial charge in [-0.05, 0) is 149 Å². The largest absolute Gasteiger partial charge is 0.310 e. The molecule has 0 aliphatic heterocycles. The molecule has 1 nitrogen and oxygen atoms in total. The minimum atomic E-state index is 0.173. The first-order valence-corrected chi connectivity index (χ1v) is 17.0. The van der Waals surface area contributed by atoms with Crippen molar-refractivity contribution in [3.63, 3.8) is 0 Å². The number of benzene rings is 4. The van der Waals surface area contributed by atoms with E-state index in [1.165, 1.54) is 84.3 Å². The van der Waals surface area contributed by atoms with E-state index in [1.54, 1.807) is 11.1 Å². The molecule has 4 bridgehead atoms. The van der Waals surface area contributed by atoms with Crippen LogP contribution in [0, 0.1) is 23.7 Å². The van der Waals surface area contributed by atoms with Gasteiger partial charge in [-0.1, -0.05) is 82.3 Å². The van der Waals surface area contributed by atoms with E-state index >= 15 is 0 Å². The minimum Gasteiger partial charge on any atom is -0.310 e. The molecule has 43 heavy (non-hydrogen) atoms. The summed E-state index contributed by atoms with van der Waals surface area (Å²) in [6, 6.07) is 35.5. The van der Waals surface area contributed by atoms with E-state index in [0.717, 1.165) is 23.7 Å². The molecule has 6 aliphatic carbocycles. The molecule has 0 saturated heterocycles. The maximum atomic E-state index is 2.56. The third-order valence-corrected chi connectivity index (χ3v) is 12.9. The van der Waals surface area contributed by atoms with Crippen molar-refractivity contribution >= 4 is 17.1 Å². The number of para-hydroxylation sites is 1. The first-order chi connectivity index (χ1) is 20.8. The standard InChI is InChI=1S/C42H45N/c1-40(2)18-19-41(3,4)39-26-33(15-17-38(39)40)43(31-10-6-5-7-11-31)32-14-16-37-35(25-32)34-12-8-9-13-36(34)42(37)29-21-27-20-28(23-29)24-30(42)22-27/h5-17,25-30H,18-24H2,1-4H3. The molecule has 4 aromatic rings. The van der Waals surface area contributed by atoms with Gasteiger partial charge in [0.2, 0.25) is 0 Å². The summed E-state index contributed by atoms with van der Waals surface area (Å²) in [6.45, 7) is 9.73. The average molecular weight is 564 g/mol. The Morgan fingerprint density at radius 2 is 1.05 bits per heavy atom. The number of hydrogen-bond acceptors (Lipinski definition) is 1. The van der Waals surface area contributed by atoms with Crippen LogP contribution in [0.4, 0.5) is 17.1 Å². The van der Waals surface area contributed by atoms with Gasteiger partial charge in [0.05, 0.1) is 0 Å². The molecular formula is C42H45N. The summed E-state index contributed by atoms with van der Waals surface area (Å²) in [5.41, 5.74) is 13.7. The van der Waals surface area contributed by atoms with Gasteiger partial charge in [-0.15, -0.1) is 0 Å². The van der Waals surface area contributed by atoms with Gasteiger partial charge in [0.25, 0.3) is 0 Å². The first-order valence-electron chi connectivity index (χ1n) is 17.0. The molecule has 1 spiro atoms. The molecule has 0 aromatic heterocycles. The third kappa shape index (κ3) is 3.57. The van der Waals surface area contributed by atoms with E-state index in [2.05, 4.69) is 124 Å². The molecule has 0 N–H and O–H groups in total. The number of fused-ring (bicyclic) bond motifs is 4. The Bertz CT molecular complexity index is 1710. The minimum absolute atomic E-state index is 0.173. The highest BCUT2D eigenvalue weighted by Crippen LogP contribution is 2.69. The Kier molecular flexibility index (Phi) is 5.39. The summed E-state index contributed by atoms with van der Waals surface area (Å²) < 4.78 is 0. The Hall–Kier alpha value is -3.32. The van der Waals surface area contributed by atoms with E-state index in [4.69, 9.17) is 0 Å². The third-order valence-electron chi connectivity index (χ3n) is 12.9. The van der Waals surface area contributed by atoms with Crippen LogP contribution >= 0.6 is 0 Å². The summed E-state index contributed by atoms with van der Waals surface area (Å²) in [4.78, 5) is 2.52. The number of hydrogen-bond donors (Lipinski definition) is 0. The van der Waals surface area contributed by atoms with Crippen molar-refractivity contribution in [1.29, 1.82) is 0 Å². The molecule has 4 fully saturated rings. The fraction of sp³-hybridized carbons (Fsp3) is 0.429. The first kappa shape index (κ1) is 26.1. The molecule has 0 unspecified atom stereocenters. The van der Waals surface area contributed by atoms with Crippen molar-refractivity contribution in [3.8, 4) is 11.1 Å². The van der Waals surface area contributed by atoms with Gasteiger partial charge in [0, 0.05) is 22.5 Å². The summed E-state index contributed by atoms with van der Waals surface area (Å²) in [5.74, 6) is 3.53. The van der Waals surface area contributed by atoms with Gasteiger partial charge in [0.1, 0.15) is 0 Å². The maximum absolute atomic E-state index is 2.56. The molecule has 0 amide bonds. The monoisotopic (exact) mass is 563 g/mol. The van der Waals surface area contributed by atoms with Crippen molar-refractivity contribution in [2.45, 2.75) is 88.9 Å². The van der Waals surface area contributed by atoms with Crippen LogP contribution in [0.25, 0.3) is 11.1 Å². The van der Waals surface area contributed by atoms with Gasteiger partial charge in [-0.3, -0.25) is 0 Å². The summed E-state index contributed by atoms with van der Waals surface area (Å²) in [6.07, 6.45) is 9.69. The lowest BCUT2D eigenvalue weighted by Gasteiger charge is -2.61. The molecule has 1 heteroatoms. The topological polar surface area (TPSA) is 3.24 Å². The zero-order valence-corrected chi connectivity index (χ0v) is 26.4. The predicted molar refractivity (Wildman–Crippen MR) is 180 cm³/mol. The van der Waals surface area contributed by atoms with Crippen molar-refractivity contribution < 1.29 is 0 Å². The number of anilines is 3. The van der Waals surface area contributed by atoms with Crippen molar-refractivity contribution in [3.05, 3.63) is 113 Å². The predicted octanol–water partition coefficient (Wildman–Crippen LogP) is 11.2. The lowest BCUT2D eigenvalue weighted by molar-refractivity contribution is -0.0399. The summed E-state index contributed by atoms with van der Waals surface area (Å²) in [5, 5.41) is 0. The van der Waals surface area contributed by atoms with Crippen LogP contribution in [0.15, 0.2) is 91.0 Å². The van der Waals surface area contributed by atoms with Gasteiger partial charge in [0.15, 0.2) is 0 Å². The van der Waals surface area contributed by atoms with Crippen LogP contribution in [0.3, 0.4) is 0 Å². The van der Waals surface area contributed by atoms with Crippen LogP contribution < -0.4 is 4.90 Å². The summed E-state index contributed by atoms with van der Waals surface area (Å²) in [7, 11) is 0. The highest BCUT2D eigenvalue weighted by atomic mass is 15.1. The van der Waals surface area contributed by atoms with Crippen LogP contribution in [0.5, 0.6) is 0 Å². The smallest absolute Gasteiger partial charge is 0.0468 e. The molecule has 6 aliphatic rings. The van der Waals surface area contributed by atoms with Crippen molar-refractivity contribution in [2.75, 3.05) is 4.90 Å². The van der Waals surface area contributed by atoms with Crippen molar-refractivity contribution in [1.82, 2.24) is 0 Å². The highest BCUT2D eigenvalue weighted by molar-refractivity contribution is 5.87. The molecule has 10 rings (SSSR count). The summed E-state index contributed by atoms with van der Waals surface area (Å²) >= 11 is 0. The molecule has 4 saturated carbocycles.